The number of benzene rings is 1. The van der Waals surface area contributed by atoms with Gasteiger partial charge in [0, 0.05) is 18.6 Å². The predicted molar refractivity (Wildman–Crippen MR) is 82.5 cm³/mol. The lowest BCUT2D eigenvalue weighted by Gasteiger charge is -2.40. The van der Waals surface area contributed by atoms with Crippen molar-refractivity contribution in [1.29, 1.82) is 0 Å². The molecule has 2 nitrogen and oxygen atoms in total. The lowest BCUT2D eigenvalue weighted by Crippen LogP contribution is -2.51. The normalized spacial score (nSPS) is 23.9. The zero-order valence-electron chi connectivity index (χ0n) is 13.1. The maximum absolute atomic E-state index is 13.7. The van der Waals surface area contributed by atoms with E-state index < -0.39 is 0 Å². The predicted octanol–water partition coefficient (Wildman–Crippen LogP) is 3.25. The third-order valence-corrected chi connectivity index (χ3v) is 4.30. The summed E-state index contributed by atoms with van der Waals surface area (Å²) in [7, 11) is 4.22. The molecule has 0 saturated heterocycles. The van der Waals surface area contributed by atoms with Crippen LogP contribution in [-0.2, 0) is 0 Å². The molecule has 112 valence electrons. The topological polar surface area (TPSA) is 15.3 Å². The van der Waals surface area contributed by atoms with E-state index in [-0.39, 0.29) is 5.82 Å². The quantitative estimate of drug-likeness (QED) is 0.859. The molecule has 0 heterocycles. The Kier molecular flexibility index (Phi) is 5.17. The second-order valence-electron chi connectivity index (χ2n) is 6.67. The van der Waals surface area contributed by atoms with Crippen molar-refractivity contribution in [3.8, 4) is 0 Å². The molecule has 3 heteroatoms. The van der Waals surface area contributed by atoms with Crippen LogP contribution in [0.1, 0.15) is 38.2 Å². The van der Waals surface area contributed by atoms with Crippen LogP contribution in [0.25, 0.3) is 0 Å². The number of hydrogen-bond donors (Lipinski definition) is 1. The molecule has 0 aliphatic heterocycles. The molecule has 1 atom stereocenters. The first kappa shape index (κ1) is 15.5. The number of rotatable bonds is 6. The van der Waals surface area contributed by atoms with E-state index in [1.54, 1.807) is 12.1 Å². The van der Waals surface area contributed by atoms with E-state index in [9.17, 15) is 4.39 Å². The van der Waals surface area contributed by atoms with Gasteiger partial charge in [-0.1, -0.05) is 32.0 Å². The van der Waals surface area contributed by atoms with E-state index in [1.165, 1.54) is 0 Å². The highest BCUT2D eigenvalue weighted by Gasteiger charge is 2.33. The highest BCUT2D eigenvalue weighted by atomic mass is 19.1. The Morgan fingerprint density at radius 2 is 1.90 bits per heavy atom. The number of nitrogens with one attached hydrogen (secondary N) is 1. The lowest BCUT2D eigenvalue weighted by molar-refractivity contribution is 0.208. The second-order valence-corrected chi connectivity index (χ2v) is 6.67. The highest BCUT2D eigenvalue weighted by molar-refractivity contribution is 5.24. The molecule has 1 fully saturated rings. The summed E-state index contributed by atoms with van der Waals surface area (Å²) in [5, 5.41) is 3.74. The first-order valence-corrected chi connectivity index (χ1v) is 7.62. The minimum atomic E-state index is -0.0512. The molecule has 1 aliphatic rings. The molecule has 1 aromatic carbocycles. The molecule has 0 aromatic heterocycles. The van der Waals surface area contributed by atoms with E-state index in [4.69, 9.17) is 0 Å². The number of hydrogen-bond acceptors (Lipinski definition) is 2. The van der Waals surface area contributed by atoms with Crippen LogP contribution in [0.3, 0.4) is 0 Å². The fraction of sp³-hybridized carbons (Fsp3) is 0.647. The van der Waals surface area contributed by atoms with Crippen molar-refractivity contribution in [2.75, 3.05) is 20.6 Å². The van der Waals surface area contributed by atoms with Crippen LogP contribution in [0.4, 0.5) is 4.39 Å². The van der Waals surface area contributed by atoms with Gasteiger partial charge in [0.2, 0.25) is 0 Å². The van der Waals surface area contributed by atoms with Crippen molar-refractivity contribution in [1.82, 2.24) is 10.2 Å². The summed E-state index contributed by atoms with van der Waals surface area (Å²) in [6.45, 7) is 5.57. The van der Waals surface area contributed by atoms with E-state index >= 15 is 0 Å². The molecule has 1 aromatic rings. The Bertz CT molecular complexity index is 425. The third-order valence-electron chi connectivity index (χ3n) is 4.30. The molecule has 0 spiro atoms. The van der Waals surface area contributed by atoms with Crippen LogP contribution >= 0.6 is 0 Å². The summed E-state index contributed by atoms with van der Waals surface area (Å²) in [6, 6.07) is 8.24. The SMILES string of the molecule is CC(C)C(CN(C)C)NC1CC(c2ccccc2F)C1. The van der Waals surface area contributed by atoms with Gasteiger partial charge in [-0.15, -0.1) is 0 Å². The molecular formula is C17H27FN2. The zero-order valence-corrected chi connectivity index (χ0v) is 13.1. The van der Waals surface area contributed by atoms with Crippen LogP contribution in [0.2, 0.25) is 0 Å². The summed E-state index contributed by atoms with van der Waals surface area (Å²) in [5.41, 5.74) is 0.888. The van der Waals surface area contributed by atoms with Crippen molar-refractivity contribution < 1.29 is 4.39 Å². The standard InChI is InChI=1S/C17H27FN2/c1-12(2)17(11-20(3)4)19-14-9-13(10-14)15-7-5-6-8-16(15)18/h5-8,12-14,17,19H,9-11H2,1-4H3. The van der Waals surface area contributed by atoms with Gasteiger partial charge in [-0.25, -0.2) is 4.39 Å². The summed E-state index contributed by atoms with van der Waals surface area (Å²) >= 11 is 0. The number of likely N-dealkylation sites (N-methyl/N-ethyl adjacent to an activating group) is 1. The van der Waals surface area contributed by atoms with Gasteiger partial charge in [0.25, 0.3) is 0 Å². The maximum Gasteiger partial charge on any atom is 0.126 e. The Morgan fingerprint density at radius 3 is 2.45 bits per heavy atom. The van der Waals surface area contributed by atoms with Crippen LogP contribution < -0.4 is 5.32 Å². The lowest BCUT2D eigenvalue weighted by atomic mass is 9.75. The van der Waals surface area contributed by atoms with Gasteiger partial charge in [-0.05, 0) is 50.4 Å². The van der Waals surface area contributed by atoms with Crippen LogP contribution in [0, 0.1) is 11.7 Å². The van der Waals surface area contributed by atoms with Crippen LogP contribution in [0.15, 0.2) is 24.3 Å². The van der Waals surface area contributed by atoms with Gasteiger partial charge in [-0.3, -0.25) is 0 Å². The second kappa shape index (κ2) is 6.68. The summed E-state index contributed by atoms with van der Waals surface area (Å²) in [5.74, 6) is 0.954. The molecule has 1 N–H and O–H groups in total. The van der Waals surface area contributed by atoms with Crippen LogP contribution in [0.5, 0.6) is 0 Å². The molecule has 20 heavy (non-hydrogen) atoms. The van der Waals surface area contributed by atoms with Gasteiger partial charge < -0.3 is 10.2 Å². The van der Waals surface area contributed by atoms with Gasteiger partial charge in [-0.2, -0.15) is 0 Å². The molecule has 1 aliphatic carbocycles. The maximum atomic E-state index is 13.7. The van der Waals surface area contributed by atoms with Crippen molar-refractivity contribution in [2.24, 2.45) is 5.92 Å². The van der Waals surface area contributed by atoms with Crippen LogP contribution in [-0.4, -0.2) is 37.6 Å². The van der Waals surface area contributed by atoms with Crippen molar-refractivity contribution in [3.05, 3.63) is 35.6 Å². The first-order chi connectivity index (χ1) is 9.47. The summed E-state index contributed by atoms with van der Waals surface area (Å²) < 4.78 is 13.7. The molecule has 1 saturated carbocycles. The van der Waals surface area contributed by atoms with E-state index in [0.717, 1.165) is 24.9 Å². The summed E-state index contributed by atoms with van der Waals surface area (Å²) in [6.07, 6.45) is 2.11. The minimum Gasteiger partial charge on any atom is -0.310 e. The minimum absolute atomic E-state index is 0.0512. The zero-order chi connectivity index (χ0) is 14.7. The fourth-order valence-electron chi connectivity index (χ4n) is 2.97. The summed E-state index contributed by atoms with van der Waals surface area (Å²) in [4.78, 5) is 2.23. The Hall–Kier alpha value is -0.930. The highest BCUT2D eigenvalue weighted by Crippen LogP contribution is 2.38. The van der Waals surface area contributed by atoms with Crippen molar-refractivity contribution >= 4 is 0 Å². The monoisotopic (exact) mass is 278 g/mol. The average Bonchev–Trinajstić information content (AvgIpc) is 2.32. The first-order valence-electron chi connectivity index (χ1n) is 7.62. The molecule has 0 bridgehead atoms. The molecule has 0 radical (unpaired) electrons. The molecule has 2 rings (SSSR count). The Balaban J connectivity index is 1.85. The van der Waals surface area contributed by atoms with Crippen molar-refractivity contribution in [3.63, 3.8) is 0 Å². The van der Waals surface area contributed by atoms with Gasteiger partial charge >= 0.3 is 0 Å². The molecule has 0 amide bonds. The third kappa shape index (κ3) is 3.80. The fourth-order valence-corrected chi connectivity index (χ4v) is 2.97. The average molecular weight is 278 g/mol. The van der Waals surface area contributed by atoms with Gasteiger partial charge in [0.15, 0.2) is 0 Å². The largest absolute Gasteiger partial charge is 0.310 e. The van der Waals surface area contributed by atoms with Crippen molar-refractivity contribution in [2.45, 2.75) is 44.7 Å². The smallest absolute Gasteiger partial charge is 0.126 e. The van der Waals surface area contributed by atoms with E-state index in [0.29, 0.717) is 23.9 Å². The number of halogens is 1. The van der Waals surface area contributed by atoms with Gasteiger partial charge in [0.1, 0.15) is 5.82 Å². The van der Waals surface area contributed by atoms with Gasteiger partial charge in [0.05, 0.1) is 0 Å². The molecule has 1 unspecified atom stereocenters. The Morgan fingerprint density at radius 1 is 1.25 bits per heavy atom. The van der Waals surface area contributed by atoms with E-state index in [1.807, 2.05) is 12.1 Å². The van der Waals surface area contributed by atoms with E-state index in [2.05, 4.69) is 38.2 Å². The Labute approximate surface area is 122 Å². The molecular weight excluding hydrogens is 251 g/mol. The number of nitrogens with zero attached hydrogens (tertiary/aromatic N) is 1.